The van der Waals surface area contributed by atoms with E-state index in [1.165, 1.54) is 32.2 Å². The largest absolute Gasteiger partial charge is 0.495 e. The fourth-order valence-corrected chi connectivity index (χ4v) is 3.50. The molecular formula is C17H18N2O6S. The molecule has 1 aliphatic heterocycles. The Balaban J connectivity index is 1.78. The Labute approximate surface area is 151 Å². The van der Waals surface area contributed by atoms with Crippen LogP contribution in [0.4, 0.5) is 5.69 Å². The fourth-order valence-electron chi connectivity index (χ4n) is 2.45. The summed E-state index contributed by atoms with van der Waals surface area (Å²) in [7, 11) is -2.35. The number of hydrogen-bond donors (Lipinski definition) is 2. The number of amides is 1. The number of anilines is 1. The third-order valence-electron chi connectivity index (χ3n) is 3.70. The first-order valence-corrected chi connectivity index (χ1v) is 9.21. The second kappa shape index (κ2) is 7.22. The fraction of sp³-hybridized carbons (Fsp3) is 0.235. The normalized spacial score (nSPS) is 12.7. The summed E-state index contributed by atoms with van der Waals surface area (Å²) in [5.41, 5.74) is 1.01. The van der Waals surface area contributed by atoms with Crippen LogP contribution in [0.1, 0.15) is 12.5 Å². The van der Waals surface area contributed by atoms with Gasteiger partial charge >= 0.3 is 0 Å². The van der Waals surface area contributed by atoms with Gasteiger partial charge in [-0.15, -0.1) is 0 Å². The number of hydrogen-bond acceptors (Lipinski definition) is 6. The highest BCUT2D eigenvalue weighted by atomic mass is 32.2. The van der Waals surface area contributed by atoms with E-state index >= 15 is 0 Å². The summed E-state index contributed by atoms with van der Waals surface area (Å²) in [5, 5.41) is 2.55. The van der Waals surface area contributed by atoms with Crippen LogP contribution in [-0.2, 0) is 21.4 Å². The van der Waals surface area contributed by atoms with Crippen molar-refractivity contribution in [2.24, 2.45) is 0 Å². The third kappa shape index (κ3) is 3.89. The summed E-state index contributed by atoms with van der Waals surface area (Å²) in [6.45, 7) is 1.57. The van der Waals surface area contributed by atoms with Crippen LogP contribution in [0.3, 0.4) is 0 Å². The first-order valence-electron chi connectivity index (χ1n) is 7.73. The van der Waals surface area contributed by atoms with Gasteiger partial charge in [0.15, 0.2) is 11.5 Å². The number of ether oxygens (including phenoxy) is 3. The molecule has 0 saturated heterocycles. The Morgan fingerprint density at radius 2 is 1.92 bits per heavy atom. The van der Waals surface area contributed by atoms with Crippen molar-refractivity contribution in [2.75, 3.05) is 19.2 Å². The standard InChI is InChI=1S/C17H18N2O6S/c1-11(20)19-14-8-13(4-6-15(14)23-2)26(21,22)18-9-12-3-5-16-17(7-12)25-10-24-16/h3-8,18H,9-10H2,1-2H3,(H,19,20). The van der Waals surface area contributed by atoms with Crippen molar-refractivity contribution in [1.82, 2.24) is 4.72 Å². The summed E-state index contributed by atoms with van der Waals surface area (Å²) < 4.78 is 43.3. The second-order valence-electron chi connectivity index (χ2n) is 5.56. The maximum atomic E-state index is 12.6. The van der Waals surface area contributed by atoms with Crippen LogP contribution in [-0.4, -0.2) is 28.2 Å². The van der Waals surface area contributed by atoms with Crippen LogP contribution in [0.15, 0.2) is 41.3 Å². The smallest absolute Gasteiger partial charge is 0.240 e. The van der Waals surface area contributed by atoms with E-state index in [2.05, 4.69) is 10.0 Å². The van der Waals surface area contributed by atoms with Gasteiger partial charge in [-0.2, -0.15) is 0 Å². The lowest BCUT2D eigenvalue weighted by atomic mass is 10.2. The predicted molar refractivity (Wildman–Crippen MR) is 93.9 cm³/mol. The molecular weight excluding hydrogens is 360 g/mol. The van der Waals surface area contributed by atoms with E-state index in [4.69, 9.17) is 14.2 Å². The van der Waals surface area contributed by atoms with Crippen LogP contribution in [0, 0.1) is 0 Å². The first kappa shape index (κ1) is 18.0. The Hall–Kier alpha value is -2.78. The maximum Gasteiger partial charge on any atom is 0.240 e. The van der Waals surface area contributed by atoms with E-state index in [1.807, 2.05) is 0 Å². The van der Waals surface area contributed by atoms with Gasteiger partial charge in [-0.3, -0.25) is 4.79 Å². The van der Waals surface area contributed by atoms with E-state index in [-0.39, 0.29) is 29.8 Å². The number of methoxy groups -OCH3 is 1. The summed E-state index contributed by atoms with van der Waals surface area (Å²) in [4.78, 5) is 11.3. The van der Waals surface area contributed by atoms with Gasteiger partial charge in [-0.1, -0.05) is 6.07 Å². The molecule has 0 bridgehead atoms. The molecule has 9 heteroatoms. The molecule has 1 aliphatic rings. The lowest BCUT2D eigenvalue weighted by Crippen LogP contribution is -2.23. The lowest BCUT2D eigenvalue weighted by Gasteiger charge is -2.12. The van der Waals surface area contributed by atoms with Crippen molar-refractivity contribution >= 4 is 21.6 Å². The van der Waals surface area contributed by atoms with Crippen molar-refractivity contribution in [1.29, 1.82) is 0 Å². The third-order valence-corrected chi connectivity index (χ3v) is 5.09. The molecule has 0 aromatic heterocycles. The molecule has 1 amide bonds. The van der Waals surface area contributed by atoms with Gasteiger partial charge in [0.05, 0.1) is 17.7 Å². The van der Waals surface area contributed by atoms with Crippen LogP contribution in [0.2, 0.25) is 0 Å². The van der Waals surface area contributed by atoms with Crippen LogP contribution in [0.5, 0.6) is 17.2 Å². The lowest BCUT2D eigenvalue weighted by molar-refractivity contribution is -0.114. The highest BCUT2D eigenvalue weighted by Gasteiger charge is 2.18. The van der Waals surface area contributed by atoms with E-state index in [0.29, 0.717) is 17.2 Å². The minimum absolute atomic E-state index is 0.0165. The average Bonchev–Trinajstić information content (AvgIpc) is 3.07. The molecule has 0 radical (unpaired) electrons. The average molecular weight is 378 g/mol. The van der Waals surface area contributed by atoms with Gasteiger partial charge in [0.1, 0.15) is 5.75 Å². The zero-order chi connectivity index (χ0) is 18.7. The Kier molecular flexibility index (Phi) is 5.01. The van der Waals surface area contributed by atoms with Crippen molar-refractivity contribution < 1.29 is 27.4 Å². The number of carbonyl (C=O) groups is 1. The summed E-state index contributed by atoms with van der Waals surface area (Å²) >= 11 is 0. The highest BCUT2D eigenvalue weighted by Crippen LogP contribution is 2.32. The molecule has 0 atom stereocenters. The topological polar surface area (TPSA) is 103 Å². The number of sulfonamides is 1. The molecule has 0 aliphatic carbocycles. The zero-order valence-electron chi connectivity index (χ0n) is 14.2. The summed E-state index contributed by atoms with van der Waals surface area (Å²) in [6.07, 6.45) is 0. The minimum Gasteiger partial charge on any atom is -0.495 e. The molecule has 0 unspecified atom stereocenters. The zero-order valence-corrected chi connectivity index (χ0v) is 15.1. The molecule has 8 nitrogen and oxygen atoms in total. The van der Waals surface area contributed by atoms with Gasteiger partial charge in [-0.25, -0.2) is 13.1 Å². The molecule has 2 aromatic carbocycles. The Morgan fingerprint density at radius 1 is 1.15 bits per heavy atom. The number of benzene rings is 2. The molecule has 0 fully saturated rings. The number of fused-ring (bicyclic) bond motifs is 1. The van der Waals surface area contributed by atoms with Gasteiger partial charge in [-0.05, 0) is 35.9 Å². The molecule has 3 rings (SSSR count). The molecule has 2 aromatic rings. The van der Waals surface area contributed by atoms with Crippen molar-refractivity contribution in [3.8, 4) is 17.2 Å². The quantitative estimate of drug-likeness (QED) is 0.795. The molecule has 2 N–H and O–H groups in total. The number of carbonyl (C=O) groups excluding carboxylic acids is 1. The van der Waals surface area contributed by atoms with E-state index in [9.17, 15) is 13.2 Å². The van der Waals surface area contributed by atoms with E-state index in [1.54, 1.807) is 18.2 Å². The predicted octanol–water partition coefficient (Wildman–Crippen LogP) is 1.86. The van der Waals surface area contributed by atoms with Crippen molar-refractivity contribution in [3.63, 3.8) is 0 Å². The summed E-state index contributed by atoms with van der Waals surface area (Å²) in [5.74, 6) is 1.26. The Bertz CT molecular complexity index is 942. The first-order chi connectivity index (χ1) is 12.4. The van der Waals surface area contributed by atoms with Crippen LogP contribution in [0.25, 0.3) is 0 Å². The SMILES string of the molecule is COc1ccc(S(=O)(=O)NCc2ccc3c(c2)OCO3)cc1NC(C)=O. The molecule has 138 valence electrons. The van der Waals surface area contributed by atoms with Crippen molar-refractivity contribution in [2.45, 2.75) is 18.4 Å². The monoisotopic (exact) mass is 378 g/mol. The number of nitrogens with one attached hydrogen (secondary N) is 2. The Morgan fingerprint density at radius 3 is 2.65 bits per heavy atom. The van der Waals surface area contributed by atoms with Crippen LogP contribution >= 0.6 is 0 Å². The van der Waals surface area contributed by atoms with E-state index < -0.39 is 10.0 Å². The van der Waals surface area contributed by atoms with Gasteiger partial charge in [0.25, 0.3) is 0 Å². The maximum absolute atomic E-state index is 12.6. The number of rotatable bonds is 6. The van der Waals surface area contributed by atoms with Gasteiger partial charge in [0, 0.05) is 13.5 Å². The minimum atomic E-state index is -3.78. The van der Waals surface area contributed by atoms with Crippen LogP contribution < -0.4 is 24.2 Å². The van der Waals surface area contributed by atoms with E-state index in [0.717, 1.165) is 5.56 Å². The molecule has 0 saturated carbocycles. The van der Waals surface area contributed by atoms with Crippen molar-refractivity contribution in [3.05, 3.63) is 42.0 Å². The molecule has 0 spiro atoms. The van der Waals surface area contributed by atoms with Gasteiger partial charge in [0.2, 0.25) is 22.7 Å². The molecule has 26 heavy (non-hydrogen) atoms. The second-order valence-corrected chi connectivity index (χ2v) is 7.32. The summed E-state index contributed by atoms with van der Waals surface area (Å²) in [6, 6.07) is 9.46. The van der Waals surface area contributed by atoms with Gasteiger partial charge < -0.3 is 19.5 Å². The highest BCUT2D eigenvalue weighted by molar-refractivity contribution is 7.89. The molecule has 1 heterocycles.